The van der Waals surface area contributed by atoms with Gasteiger partial charge >= 0.3 is 0 Å². The first-order valence-corrected chi connectivity index (χ1v) is 9.21. The first-order valence-electron chi connectivity index (χ1n) is 8.83. The number of anilines is 4. The first kappa shape index (κ1) is 17.5. The molecule has 0 aliphatic carbocycles. The molecule has 2 aromatic heterocycles. The Morgan fingerprint density at radius 2 is 1.81 bits per heavy atom. The predicted octanol–water partition coefficient (Wildman–Crippen LogP) is 3.30. The predicted molar refractivity (Wildman–Crippen MR) is 108 cm³/mol. The normalized spacial score (nSPS) is 14.3. The molecule has 1 N–H and O–H groups in total. The molecule has 1 aromatic carbocycles. The van der Waals surface area contributed by atoms with Gasteiger partial charge in [-0.2, -0.15) is 10.1 Å². The van der Waals surface area contributed by atoms with Crippen molar-refractivity contribution in [1.29, 1.82) is 0 Å². The minimum absolute atomic E-state index is 0.625. The minimum Gasteiger partial charge on any atom is -0.353 e. The van der Waals surface area contributed by atoms with Gasteiger partial charge in [-0.1, -0.05) is 23.7 Å². The van der Waals surface area contributed by atoms with Gasteiger partial charge in [0, 0.05) is 43.1 Å². The number of hydrogen-bond donors (Lipinski definition) is 1. The maximum absolute atomic E-state index is 6.19. The summed E-state index contributed by atoms with van der Waals surface area (Å²) in [5.41, 5.74) is 1.89. The summed E-state index contributed by atoms with van der Waals surface area (Å²) in [5, 5.41) is 12.3. The number of rotatable bonds is 4. The molecule has 27 heavy (non-hydrogen) atoms. The number of nitrogens with one attached hydrogen (secondary N) is 1. The van der Waals surface area contributed by atoms with E-state index in [2.05, 4.69) is 35.3 Å². The van der Waals surface area contributed by atoms with E-state index in [9.17, 15) is 0 Å². The molecule has 0 radical (unpaired) electrons. The van der Waals surface area contributed by atoms with Crippen molar-refractivity contribution in [1.82, 2.24) is 20.2 Å². The lowest BCUT2D eigenvalue weighted by Crippen LogP contribution is -2.47. The topological polar surface area (TPSA) is 70.1 Å². The van der Waals surface area contributed by atoms with Crippen molar-refractivity contribution in [2.45, 2.75) is 6.92 Å². The fraction of sp³-hybridized carbons (Fsp3) is 0.263. The standard InChI is InChI=1S/C19H20ClN7/c1-14-15(20)5-4-6-16(14)23-17-13-22-25-19(24-17)27-11-9-26(10-12-27)18-7-2-3-8-21-18/h2-8,13H,9-12H2,1H3,(H,23,24,25). The lowest BCUT2D eigenvalue weighted by molar-refractivity contribution is 0.630. The largest absolute Gasteiger partial charge is 0.353 e. The van der Waals surface area contributed by atoms with Gasteiger partial charge in [-0.25, -0.2) is 4.98 Å². The Balaban J connectivity index is 1.45. The monoisotopic (exact) mass is 381 g/mol. The molecule has 1 saturated heterocycles. The molecule has 1 fully saturated rings. The first-order chi connectivity index (χ1) is 13.2. The highest BCUT2D eigenvalue weighted by Gasteiger charge is 2.20. The SMILES string of the molecule is Cc1c(Cl)cccc1Nc1cnnc(N2CCN(c3ccccn3)CC2)n1. The van der Waals surface area contributed by atoms with Crippen LogP contribution in [-0.4, -0.2) is 46.3 Å². The van der Waals surface area contributed by atoms with Crippen LogP contribution in [0.5, 0.6) is 0 Å². The fourth-order valence-electron chi connectivity index (χ4n) is 3.05. The third-order valence-corrected chi connectivity index (χ3v) is 5.02. The van der Waals surface area contributed by atoms with Crippen molar-refractivity contribution in [3.8, 4) is 0 Å². The second kappa shape index (κ2) is 7.75. The Labute approximate surface area is 163 Å². The van der Waals surface area contributed by atoms with E-state index in [0.717, 1.165) is 43.2 Å². The average molecular weight is 382 g/mol. The van der Waals surface area contributed by atoms with Gasteiger partial charge in [0.2, 0.25) is 5.95 Å². The van der Waals surface area contributed by atoms with Crippen molar-refractivity contribution >= 4 is 34.9 Å². The third-order valence-electron chi connectivity index (χ3n) is 4.61. The Morgan fingerprint density at radius 3 is 2.59 bits per heavy atom. The van der Waals surface area contributed by atoms with Gasteiger partial charge in [0.05, 0.1) is 6.20 Å². The fourth-order valence-corrected chi connectivity index (χ4v) is 3.22. The van der Waals surface area contributed by atoms with E-state index in [0.29, 0.717) is 16.8 Å². The van der Waals surface area contributed by atoms with Gasteiger partial charge in [-0.3, -0.25) is 0 Å². The van der Waals surface area contributed by atoms with Crippen LogP contribution in [0.2, 0.25) is 5.02 Å². The van der Waals surface area contributed by atoms with Gasteiger partial charge in [0.1, 0.15) is 5.82 Å². The molecule has 7 nitrogen and oxygen atoms in total. The Morgan fingerprint density at radius 1 is 1.00 bits per heavy atom. The highest BCUT2D eigenvalue weighted by atomic mass is 35.5. The molecule has 4 rings (SSSR count). The van der Waals surface area contributed by atoms with Crippen LogP contribution in [0, 0.1) is 6.92 Å². The highest BCUT2D eigenvalue weighted by Crippen LogP contribution is 2.25. The number of halogens is 1. The number of piperazine rings is 1. The maximum Gasteiger partial charge on any atom is 0.247 e. The molecule has 3 aromatic rings. The van der Waals surface area contributed by atoms with E-state index in [1.165, 1.54) is 0 Å². The summed E-state index contributed by atoms with van der Waals surface area (Å²) in [7, 11) is 0. The molecular formula is C19H20ClN7. The van der Waals surface area contributed by atoms with E-state index in [1.54, 1.807) is 6.20 Å². The van der Waals surface area contributed by atoms with E-state index in [1.807, 2.05) is 49.5 Å². The van der Waals surface area contributed by atoms with Crippen LogP contribution in [-0.2, 0) is 0 Å². The van der Waals surface area contributed by atoms with Crippen LogP contribution in [0.4, 0.5) is 23.3 Å². The molecule has 0 unspecified atom stereocenters. The molecule has 0 bridgehead atoms. The van der Waals surface area contributed by atoms with Crippen LogP contribution in [0.25, 0.3) is 0 Å². The molecule has 3 heterocycles. The van der Waals surface area contributed by atoms with Crippen LogP contribution in [0.1, 0.15) is 5.56 Å². The smallest absolute Gasteiger partial charge is 0.247 e. The molecule has 1 aliphatic rings. The van der Waals surface area contributed by atoms with Crippen molar-refractivity contribution < 1.29 is 0 Å². The summed E-state index contributed by atoms with van der Waals surface area (Å²) in [6, 6.07) is 11.7. The van der Waals surface area contributed by atoms with Crippen molar-refractivity contribution in [3.63, 3.8) is 0 Å². The number of hydrogen-bond acceptors (Lipinski definition) is 7. The second-order valence-corrected chi connectivity index (χ2v) is 6.75. The molecule has 8 heteroatoms. The number of benzene rings is 1. The van der Waals surface area contributed by atoms with E-state index < -0.39 is 0 Å². The Hall–Kier alpha value is -2.93. The van der Waals surface area contributed by atoms with Crippen LogP contribution in [0.3, 0.4) is 0 Å². The van der Waals surface area contributed by atoms with Crippen molar-refractivity contribution in [2.24, 2.45) is 0 Å². The van der Waals surface area contributed by atoms with Crippen LogP contribution < -0.4 is 15.1 Å². The summed E-state index contributed by atoms with van der Waals surface area (Å²) >= 11 is 6.19. The summed E-state index contributed by atoms with van der Waals surface area (Å²) in [5.74, 6) is 2.28. The second-order valence-electron chi connectivity index (χ2n) is 6.34. The zero-order chi connectivity index (χ0) is 18.6. The van der Waals surface area contributed by atoms with Crippen LogP contribution in [0.15, 0.2) is 48.8 Å². The number of nitrogens with zero attached hydrogens (tertiary/aromatic N) is 6. The third kappa shape index (κ3) is 3.93. The molecular weight excluding hydrogens is 362 g/mol. The van der Waals surface area contributed by atoms with Crippen molar-refractivity contribution in [2.75, 3.05) is 41.3 Å². The molecule has 0 spiro atoms. The highest BCUT2D eigenvalue weighted by molar-refractivity contribution is 6.31. The zero-order valence-electron chi connectivity index (χ0n) is 15.0. The Kier molecular flexibility index (Phi) is 5.02. The quantitative estimate of drug-likeness (QED) is 0.743. The molecule has 0 amide bonds. The van der Waals surface area contributed by atoms with E-state index >= 15 is 0 Å². The summed E-state index contributed by atoms with van der Waals surface area (Å²) in [6.45, 7) is 5.34. The lowest BCUT2D eigenvalue weighted by atomic mass is 10.2. The molecule has 1 aliphatic heterocycles. The van der Waals surface area contributed by atoms with Gasteiger partial charge in [-0.15, -0.1) is 5.10 Å². The number of pyridine rings is 1. The van der Waals surface area contributed by atoms with Gasteiger partial charge in [0.15, 0.2) is 5.82 Å². The average Bonchev–Trinajstić information content (AvgIpc) is 2.72. The van der Waals surface area contributed by atoms with Gasteiger partial charge < -0.3 is 15.1 Å². The van der Waals surface area contributed by atoms with Crippen LogP contribution >= 0.6 is 11.6 Å². The zero-order valence-corrected chi connectivity index (χ0v) is 15.8. The molecule has 0 saturated carbocycles. The van der Waals surface area contributed by atoms with Gasteiger partial charge in [-0.05, 0) is 36.8 Å². The summed E-state index contributed by atoms with van der Waals surface area (Å²) in [6.07, 6.45) is 3.44. The Bertz CT molecular complexity index is 911. The lowest BCUT2D eigenvalue weighted by Gasteiger charge is -2.35. The minimum atomic E-state index is 0.625. The summed E-state index contributed by atoms with van der Waals surface area (Å²) in [4.78, 5) is 13.5. The van der Waals surface area contributed by atoms with E-state index in [-0.39, 0.29) is 0 Å². The summed E-state index contributed by atoms with van der Waals surface area (Å²) < 4.78 is 0. The maximum atomic E-state index is 6.19. The van der Waals surface area contributed by atoms with Gasteiger partial charge in [0.25, 0.3) is 0 Å². The van der Waals surface area contributed by atoms with E-state index in [4.69, 9.17) is 11.6 Å². The molecule has 0 atom stereocenters. The van der Waals surface area contributed by atoms with Crippen molar-refractivity contribution in [3.05, 3.63) is 59.4 Å². The molecule has 138 valence electrons. The number of aromatic nitrogens is 4.